The SMILES string of the molecule is CCOC(=O)C1=C(C)N=c2s/c(=C\c3ccc(OC)c(O)c3)c(=O)n2C1c1ccc2c(c1)OCO2. The predicted octanol–water partition coefficient (Wildman–Crippen LogP) is 2.24. The van der Waals surface area contributed by atoms with E-state index in [1.54, 1.807) is 50.3 Å². The number of carbonyl (C=O) groups excluding carboxylic acids is 1. The van der Waals surface area contributed by atoms with Crippen LogP contribution in [-0.2, 0) is 9.53 Å². The number of ether oxygens (including phenoxy) is 4. The average Bonchev–Trinajstić information content (AvgIpc) is 3.42. The fraction of sp³-hybridized carbons (Fsp3) is 0.240. The van der Waals surface area contributed by atoms with Gasteiger partial charge in [-0.1, -0.05) is 23.5 Å². The standard InChI is InChI=1S/C25H22N2O7S/c1-4-32-24(30)21-13(2)26-25-27(22(21)15-6-8-18-19(11-15)34-12-33-18)23(29)20(35-25)10-14-5-7-17(31-3)16(28)9-14/h5-11,22,28H,4,12H2,1-3H3/b20-10-. The van der Waals surface area contributed by atoms with Crippen LogP contribution in [0.2, 0.25) is 0 Å². The zero-order valence-corrected chi connectivity index (χ0v) is 20.0. The van der Waals surface area contributed by atoms with Gasteiger partial charge in [-0.3, -0.25) is 9.36 Å². The van der Waals surface area contributed by atoms with Crippen LogP contribution in [0.15, 0.2) is 57.5 Å². The number of phenols is 1. The molecule has 1 N–H and O–H groups in total. The first-order valence-corrected chi connectivity index (χ1v) is 11.7. The maximum atomic E-state index is 13.6. The molecule has 3 heterocycles. The van der Waals surface area contributed by atoms with Crippen LogP contribution >= 0.6 is 11.3 Å². The molecule has 1 unspecified atom stereocenters. The molecular weight excluding hydrogens is 472 g/mol. The van der Waals surface area contributed by atoms with Gasteiger partial charge in [0.25, 0.3) is 5.56 Å². The van der Waals surface area contributed by atoms with Crippen molar-refractivity contribution in [3.8, 4) is 23.0 Å². The number of phenolic OH excluding ortho intramolecular Hbond substituents is 1. The van der Waals surface area contributed by atoms with Crippen LogP contribution in [0.4, 0.5) is 0 Å². The second-order valence-corrected chi connectivity index (χ2v) is 8.86. The molecule has 2 aliphatic heterocycles. The summed E-state index contributed by atoms with van der Waals surface area (Å²) < 4.78 is 23.3. The highest BCUT2D eigenvalue weighted by Gasteiger charge is 2.34. The Balaban J connectivity index is 1.70. The second kappa shape index (κ2) is 8.95. The van der Waals surface area contributed by atoms with Gasteiger partial charge < -0.3 is 24.1 Å². The monoisotopic (exact) mass is 494 g/mol. The minimum atomic E-state index is -0.758. The summed E-state index contributed by atoms with van der Waals surface area (Å²) in [5, 5.41) is 10.1. The number of aromatic nitrogens is 1. The van der Waals surface area contributed by atoms with E-state index in [4.69, 9.17) is 18.9 Å². The van der Waals surface area contributed by atoms with Crippen molar-refractivity contribution in [1.29, 1.82) is 0 Å². The molecule has 0 spiro atoms. The average molecular weight is 495 g/mol. The molecule has 0 aliphatic carbocycles. The van der Waals surface area contributed by atoms with Gasteiger partial charge in [-0.2, -0.15) is 0 Å². The molecule has 5 rings (SSSR count). The van der Waals surface area contributed by atoms with Crippen LogP contribution in [-0.4, -0.2) is 36.2 Å². The number of hydrogen-bond donors (Lipinski definition) is 1. The van der Waals surface area contributed by atoms with E-state index < -0.39 is 12.0 Å². The first-order chi connectivity index (χ1) is 16.9. The molecular formula is C25H22N2O7S. The lowest BCUT2D eigenvalue weighted by molar-refractivity contribution is -0.139. The number of esters is 1. The van der Waals surface area contributed by atoms with Gasteiger partial charge in [-0.05, 0) is 55.3 Å². The summed E-state index contributed by atoms with van der Waals surface area (Å²) in [7, 11) is 1.46. The molecule has 180 valence electrons. The third kappa shape index (κ3) is 3.95. The zero-order chi connectivity index (χ0) is 24.7. The Morgan fingerprint density at radius 1 is 1.26 bits per heavy atom. The van der Waals surface area contributed by atoms with E-state index in [-0.39, 0.29) is 30.3 Å². The van der Waals surface area contributed by atoms with E-state index in [0.29, 0.717) is 43.4 Å². The largest absolute Gasteiger partial charge is 0.504 e. The van der Waals surface area contributed by atoms with Crippen LogP contribution in [0.25, 0.3) is 6.08 Å². The summed E-state index contributed by atoms with van der Waals surface area (Å²) in [6.07, 6.45) is 1.67. The summed E-state index contributed by atoms with van der Waals surface area (Å²) in [5.41, 5.74) is 1.73. The Kier molecular flexibility index (Phi) is 5.81. The van der Waals surface area contributed by atoms with Crippen LogP contribution in [0, 0.1) is 0 Å². The van der Waals surface area contributed by atoms with E-state index in [1.807, 2.05) is 0 Å². The van der Waals surface area contributed by atoms with E-state index in [1.165, 1.54) is 29.1 Å². The van der Waals surface area contributed by atoms with Crippen LogP contribution in [0.3, 0.4) is 0 Å². The first-order valence-electron chi connectivity index (χ1n) is 10.9. The van der Waals surface area contributed by atoms with Crippen molar-refractivity contribution in [1.82, 2.24) is 4.57 Å². The van der Waals surface area contributed by atoms with Gasteiger partial charge in [0.05, 0.1) is 35.6 Å². The Hall–Kier alpha value is -4.05. The molecule has 0 fully saturated rings. The lowest BCUT2D eigenvalue weighted by atomic mass is 9.95. The molecule has 9 nitrogen and oxygen atoms in total. The number of thiazole rings is 1. The second-order valence-electron chi connectivity index (χ2n) is 7.85. The van der Waals surface area contributed by atoms with Crippen molar-refractivity contribution in [2.75, 3.05) is 20.5 Å². The molecule has 0 amide bonds. The Morgan fingerprint density at radius 3 is 2.80 bits per heavy atom. The van der Waals surface area contributed by atoms with Crippen LogP contribution in [0.1, 0.15) is 31.0 Å². The fourth-order valence-corrected chi connectivity index (χ4v) is 5.18. The van der Waals surface area contributed by atoms with Gasteiger partial charge in [-0.25, -0.2) is 9.79 Å². The highest BCUT2D eigenvalue weighted by molar-refractivity contribution is 7.07. The van der Waals surface area contributed by atoms with E-state index in [9.17, 15) is 14.7 Å². The van der Waals surface area contributed by atoms with Crippen molar-refractivity contribution in [2.45, 2.75) is 19.9 Å². The summed E-state index contributed by atoms with van der Waals surface area (Å²) in [6, 6.07) is 9.44. The van der Waals surface area contributed by atoms with Gasteiger partial charge in [-0.15, -0.1) is 0 Å². The van der Waals surface area contributed by atoms with Gasteiger partial charge in [0.2, 0.25) is 6.79 Å². The smallest absolute Gasteiger partial charge is 0.338 e. The number of carbonyl (C=O) groups is 1. The third-order valence-electron chi connectivity index (χ3n) is 5.73. The highest BCUT2D eigenvalue weighted by atomic mass is 32.1. The quantitative estimate of drug-likeness (QED) is 0.542. The molecule has 3 aromatic rings. The third-order valence-corrected chi connectivity index (χ3v) is 6.71. The predicted molar refractivity (Wildman–Crippen MR) is 128 cm³/mol. The summed E-state index contributed by atoms with van der Waals surface area (Å²) in [6.45, 7) is 3.75. The van der Waals surface area contributed by atoms with Gasteiger partial charge in [0.15, 0.2) is 27.8 Å². The molecule has 0 saturated carbocycles. The molecule has 0 radical (unpaired) electrons. The lowest BCUT2D eigenvalue weighted by Gasteiger charge is -2.24. The number of hydrogen-bond acceptors (Lipinski definition) is 9. The maximum Gasteiger partial charge on any atom is 0.338 e. The van der Waals surface area contributed by atoms with Crippen molar-refractivity contribution in [3.05, 3.63) is 78.5 Å². The first kappa shape index (κ1) is 22.7. The lowest BCUT2D eigenvalue weighted by Crippen LogP contribution is -2.39. The Labute approximate surface area is 203 Å². The van der Waals surface area contributed by atoms with Crippen molar-refractivity contribution < 1.29 is 28.8 Å². The van der Waals surface area contributed by atoms with E-state index in [2.05, 4.69) is 4.99 Å². The Morgan fingerprint density at radius 2 is 2.06 bits per heavy atom. The van der Waals surface area contributed by atoms with Crippen LogP contribution < -0.4 is 29.1 Å². The molecule has 1 atom stereocenters. The van der Waals surface area contributed by atoms with Gasteiger partial charge >= 0.3 is 5.97 Å². The number of allylic oxidation sites excluding steroid dienone is 1. The highest BCUT2D eigenvalue weighted by Crippen LogP contribution is 2.38. The number of rotatable bonds is 5. The number of nitrogens with zero attached hydrogens (tertiary/aromatic N) is 2. The molecule has 0 bridgehead atoms. The summed E-state index contributed by atoms with van der Waals surface area (Å²) >= 11 is 1.20. The molecule has 1 aromatic heterocycles. The molecule has 35 heavy (non-hydrogen) atoms. The number of benzene rings is 2. The molecule has 2 aromatic carbocycles. The Bertz CT molecular complexity index is 1550. The van der Waals surface area contributed by atoms with Crippen molar-refractivity contribution in [2.24, 2.45) is 4.99 Å². The topological polar surface area (TPSA) is 109 Å². The van der Waals surface area contributed by atoms with Crippen LogP contribution in [0.5, 0.6) is 23.0 Å². The van der Waals surface area contributed by atoms with E-state index >= 15 is 0 Å². The minimum Gasteiger partial charge on any atom is -0.504 e. The number of methoxy groups -OCH3 is 1. The minimum absolute atomic E-state index is 0.0345. The van der Waals surface area contributed by atoms with Crippen molar-refractivity contribution in [3.63, 3.8) is 0 Å². The van der Waals surface area contributed by atoms with E-state index in [0.717, 1.165) is 0 Å². The number of fused-ring (bicyclic) bond motifs is 2. The summed E-state index contributed by atoms with van der Waals surface area (Å²) in [4.78, 5) is 31.6. The molecule has 10 heteroatoms. The van der Waals surface area contributed by atoms with Crippen molar-refractivity contribution >= 4 is 23.4 Å². The molecule has 0 saturated heterocycles. The fourth-order valence-electron chi connectivity index (χ4n) is 4.14. The molecule has 2 aliphatic rings. The maximum absolute atomic E-state index is 13.6. The van der Waals surface area contributed by atoms with Gasteiger partial charge in [0.1, 0.15) is 0 Å². The van der Waals surface area contributed by atoms with Gasteiger partial charge in [0, 0.05) is 0 Å². The summed E-state index contributed by atoms with van der Waals surface area (Å²) in [5.74, 6) is 0.898. The zero-order valence-electron chi connectivity index (χ0n) is 19.2. The normalized spacial score (nSPS) is 16.7. The number of aromatic hydroxyl groups is 1.